The second-order valence-corrected chi connectivity index (χ2v) is 4.38. The van der Waals surface area contributed by atoms with Gasteiger partial charge in [0.05, 0.1) is 6.10 Å². The fourth-order valence-corrected chi connectivity index (χ4v) is 2.00. The number of carbonyl (C=O) groups excluding carboxylic acids is 2. The molecule has 1 rings (SSSR count). The molecule has 0 unspecified atom stereocenters. The third kappa shape index (κ3) is 3.69. The molecule has 0 spiro atoms. The molecule has 2 amide bonds. The van der Waals surface area contributed by atoms with Gasteiger partial charge >= 0.3 is 5.97 Å². The van der Waals surface area contributed by atoms with Crippen LogP contribution in [0.25, 0.3) is 0 Å². The largest absolute Gasteiger partial charge is 0.480 e. The molecule has 7 nitrogen and oxygen atoms in total. The number of hydrogen-bond acceptors (Lipinski definition) is 4. The second kappa shape index (κ2) is 6.20. The van der Waals surface area contributed by atoms with E-state index in [9.17, 15) is 19.5 Å². The van der Waals surface area contributed by atoms with Gasteiger partial charge < -0.3 is 20.4 Å². The monoisotopic (exact) mass is 268 g/mol. The first kappa shape index (κ1) is 15.0. The Bertz CT molecular complexity index is 428. The van der Waals surface area contributed by atoms with E-state index in [0.717, 1.165) is 0 Å². The van der Waals surface area contributed by atoms with Crippen molar-refractivity contribution in [2.45, 2.75) is 38.0 Å². The lowest BCUT2D eigenvalue weighted by molar-refractivity contribution is -0.143. The van der Waals surface area contributed by atoms with Crippen LogP contribution in [0.2, 0.25) is 0 Å². The van der Waals surface area contributed by atoms with Crippen LogP contribution in [0.15, 0.2) is 0 Å². The molecule has 0 aromatic heterocycles. The molecule has 104 valence electrons. The SMILES string of the molecule is C#CC[C@@H](NC(=O)[C@@H]1C[C@@H](O)CN1C(C)=O)C(=O)O. The maximum absolute atomic E-state index is 11.9. The van der Waals surface area contributed by atoms with Gasteiger partial charge in [-0.05, 0) is 0 Å². The number of nitrogens with zero attached hydrogens (tertiary/aromatic N) is 1. The number of aliphatic carboxylic acids is 1. The van der Waals surface area contributed by atoms with Gasteiger partial charge in [0.2, 0.25) is 11.8 Å². The summed E-state index contributed by atoms with van der Waals surface area (Å²) in [6.07, 6.45) is 4.19. The normalized spacial score (nSPS) is 23.5. The first-order chi connectivity index (χ1) is 8.86. The maximum atomic E-state index is 11.9. The molecular formula is C12H16N2O5. The standard InChI is InChI=1S/C12H16N2O5/c1-3-4-9(12(18)19)13-11(17)10-5-8(16)6-14(10)7(2)15/h1,8-10,16H,4-6H2,2H3,(H,13,17)(H,18,19)/t8-,9-,10+/m1/s1. The van der Waals surface area contributed by atoms with Crippen molar-refractivity contribution in [3.05, 3.63) is 0 Å². The van der Waals surface area contributed by atoms with Gasteiger partial charge in [0, 0.05) is 26.3 Å². The highest BCUT2D eigenvalue weighted by Gasteiger charge is 2.38. The Morgan fingerprint density at radius 1 is 1.53 bits per heavy atom. The summed E-state index contributed by atoms with van der Waals surface area (Å²) in [5.74, 6) is -0.0375. The number of aliphatic hydroxyl groups excluding tert-OH is 1. The van der Waals surface area contributed by atoms with Gasteiger partial charge in [0.25, 0.3) is 0 Å². The van der Waals surface area contributed by atoms with Gasteiger partial charge in [0.1, 0.15) is 12.1 Å². The number of hydrogen-bond donors (Lipinski definition) is 3. The van der Waals surface area contributed by atoms with Crippen LogP contribution >= 0.6 is 0 Å². The molecule has 1 aliphatic heterocycles. The van der Waals surface area contributed by atoms with E-state index >= 15 is 0 Å². The third-order valence-electron chi connectivity index (χ3n) is 2.92. The molecular weight excluding hydrogens is 252 g/mol. The van der Waals surface area contributed by atoms with E-state index < -0.39 is 30.1 Å². The van der Waals surface area contributed by atoms with Gasteiger partial charge in [-0.25, -0.2) is 4.79 Å². The molecule has 0 radical (unpaired) electrons. The number of nitrogens with one attached hydrogen (secondary N) is 1. The van der Waals surface area contributed by atoms with Crippen LogP contribution < -0.4 is 5.32 Å². The molecule has 1 heterocycles. The van der Waals surface area contributed by atoms with Gasteiger partial charge in [0.15, 0.2) is 0 Å². The van der Waals surface area contributed by atoms with Crippen molar-refractivity contribution in [1.82, 2.24) is 10.2 Å². The predicted molar refractivity (Wildman–Crippen MR) is 64.8 cm³/mol. The first-order valence-electron chi connectivity index (χ1n) is 5.78. The number of likely N-dealkylation sites (tertiary alicyclic amines) is 1. The summed E-state index contributed by atoms with van der Waals surface area (Å²) >= 11 is 0. The highest BCUT2D eigenvalue weighted by Crippen LogP contribution is 2.18. The number of aliphatic hydroxyl groups is 1. The Labute approximate surface area is 110 Å². The van der Waals surface area contributed by atoms with Crippen LogP contribution in [0.1, 0.15) is 19.8 Å². The van der Waals surface area contributed by atoms with Crippen LogP contribution in [0.4, 0.5) is 0 Å². The van der Waals surface area contributed by atoms with Crippen LogP contribution in [-0.2, 0) is 14.4 Å². The average Bonchev–Trinajstić information content (AvgIpc) is 2.70. The second-order valence-electron chi connectivity index (χ2n) is 4.38. The molecule has 0 aliphatic carbocycles. The summed E-state index contributed by atoms with van der Waals surface area (Å²) in [6.45, 7) is 1.36. The summed E-state index contributed by atoms with van der Waals surface area (Å²) in [7, 11) is 0. The molecule has 19 heavy (non-hydrogen) atoms. The van der Waals surface area contributed by atoms with Gasteiger partial charge in [-0.15, -0.1) is 12.3 Å². The van der Waals surface area contributed by atoms with Gasteiger partial charge in [-0.3, -0.25) is 9.59 Å². The van der Waals surface area contributed by atoms with Crippen molar-refractivity contribution in [2.75, 3.05) is 6.54 Å². The molecule has 1 aliphatic rings. The average molecular weight is 268 g/mol. The number of carboxylic acids is 1. The first-order valence-corrected chi connectivity index (χ1v) is 5.78. The van der Waals surface area contributed by atoms with E-state index in [0.29, 0.717) is 0 Å². The fraction of sp³-hybridized carbons (Fsp3) is 0.583. The summed E-state index contributed by atoms with van der Waals surface area (Å²) in [6, 6.07) is -2.05. The van der Waals surface area contributed by atoms with Crippen molar-refractivity contribution in [3.8, 4) is 12.3 Å². The topological polar surface area (TPSA) is 107 Å². The van der Waals surface area contributed by atoms with Crippen molar-refractivity contribution < 1.29 is 24.6 Å². The lowest BCUT2D eigenvalue weighted by Crippen LogP contribution is -2.50. The zero-order valence-corrected chi connectivity index (χ0v) is 10.5. The number of carbonyl (C=O) groups is 3. The number of amides is 2. The van der Waals surface area contributed by atoms with Crippen LogP contribution in [-0.4, -0.2) is 57.6 Å². The van der Waals surface area contributed by atoms with Crippen molar-refractivity contribution in [2.24, 2.45) is 0 Å². The van der Waals surface area contributed by atoms with E-state index in [2.05, 4.69) is 11.2 Å². The molecule has 1 fully saturated rings. The highest BCUT2D eigenvalue weighted by atomic mass is 16.4. The summed E-state index contributed by atoms with van der Waals surface area (Å²) in [4.78, 5) is 35.4. The minimum atomic E-state index is -1.24. The summed E-state index contributed by atoms with van der Waals surface area (Å²) < 4.78 is 0. The van der Waals surface area contributed by atoms with Gasteiger partial charge in [-0.2, -0.15) is 0 Å². The van der Waals surface area contributed by atoms with E-state index in [-0.39, 0.29) is 25.3 Å². The van der Waals surface area contributed by atoms with Crippen LogP contribution in [0.5, 0.6) is 0 Å². The Kier molecular flexibility index (Phi) is 4.89. The summed E-state index contributed by atoms with van der Waals surface area (Å²) in [5.41, 5.74) is 0. The third-order valence-corrected chi connectivity index (χ3v) is 2.92. The van der Waals surface area contributed by atoms with Crippen molar-refractivity contribution in [1.29, 1.82) is 0 Å². The quantitative estimate of drug-likeness (QED) is 0.541. The molecule has 0 aromatic rings. The Balaban J connectivity index is 2.73. The number of rotatable bonds is 4. The minimum absolute atomic E-state index is 0.0697. The molecule has 0 bridgehead atoms. The van der Waals surface area contributed by atoms with Gasteiger partial charge in [-0.1, -0.05) is 0 Å². The maximum Gasteiger partial charge on any atom is 0.327 e. The fourth-order valence-electron chi connectivity index (χ4n) is 2.00. The lowest BCUT2D eigenvalue weighted by Gasteiger charge is -2.23. The Morgan fingerprint density at radius 2 is 2.16 bits per heavy atom. The predicted octanol–water partition coefficient (Wildman–Crippen LogP) is -1.44. The lowest BCUT2D eigenvalue weighted by atomic mass is 10.1. The molecule has 0 aromatic carbocycles. The van der Waals surface area contributed by atoms with Crippen molar-refractivity contribution >= 4 is 17.8 Å². The zero-order chi connectivity index (χ0) is 14.6. The minimum Gasteiger partial charge on any atom is -0.480 e. The Hall–Kier alpha value is -2.07. The Morgan fingerprint density at radius 3 is 2.63 bits per heavy atom. The smallest absolute Gasteiger partial charge is 0.327 e. The molecule has 3 N–H and O–H groups in total. The number of carboxylic acid groups (broad SMARTS) is 1. The number of terminal acetylenes is 1. The zero-order valence-electron chi connectivity index (χ0n) is 10.5. The molecule has 7 heteroatoms. The van der Waals surface area contributed by atoms with E-state index in [1.807, 2.05) is 0 Å². The van der Waals surface area contributed by atoms with E-state index in [1.165, 1.54) is 11.8 Å². The van der Waals surface area contributed by atoms with Crippen molar-refractivity contribution in [3.63, 3.8) is 0 Å². The number of β-amino-alcohol motifs (C(OH)–C–C–N with tert-alkyl or cyclic N) is 1. The molecule has 3 atom stereocenters. The molecule has 0 saturated carbocycles. The van der Waals surface area contributed by atoms with Crippen LogP contribution in [0.3, 0.4) is 0 Å². The van der Waals surface area contributed by atoms with Crippen LogP contribution in [0, 0.1) is 12.3 Å². The molecule has 1 saturated heterocycles. The van der Waals surface area contributed by atoms with E-state index in [1.54, 1.807) is 0 Å². The highest BCUT2D eigenvalue weighted by molar-refractivity contribution is 5.90. The summed E-state index contributed by atoms with van der Waals surface area (Å²) in [5, 5.41) is 20.7. The van der Waals surface area contributed by atoms with E-state index in [4.69, 9.17) is 11.5 Å².